The van der Waals surface area contributed by atoms with Crippen LogP contribution in [0.25, 0.3) is 0 Å². The number of carbonyl (C=O) groups excluding carboxylic acids is 1. The fourth-order valence-electron chi connectivity index (χ4n) is 2.34. The van der Waals surface area contributed by atoms with Crippen LogP contribution in [-0.4, -0.2) is 26.7 Å². The Hall–Kier alpha value is -2.53. The number of hydrogen-bond acceptors (Lipinski definition) is 4. The number of anilines is 1. The van der Waals surface area contributed by atoms with E-state index in [0.717, 1.165) is 29.9 Å². The van der Waals surface area contributed by atoms with E-state index in [-0.39, 0.29) is 5.91 Å². The summed E-state index contributed by atoms with van der Waals surface area (Å²) in [4.78, 5) is 12.5. The normalized spacial score (nSPS) is 10.4. The SMILES string of the molecule is CCCCOCc1cc(C(=O)Nc2ccc(OC)cc2)ccc1OC. The highest BCUT2D eigenvalue weighted by molar-refractivity contribution is 6.04. The molecule has 5 heteroatoms. The number of benzene rings is 2. The lowest BCUT2D eigenvalue weighted by Crippen LogP contribution is -2.12. The van der Waals surface area contributed by atoms with Crippen molar-refractivity contribution in [2.75, 3.05) is 26.1 Å². The predicted octanol–water partition coefficient (Wildman–Crippen LogP) is 4.27. The standard InChI is InChI=1S/C20H25NO4/c1-4-5-12-25-14-16-13-15(6-11-19(16)24-3)20(22)21-17-7-9-18(23-2)10-8-17/h6-11,13H,4-5,12,14H2,1-3H3,(H,21,22). The van der Waals surface area contributed by atoms with Gasteiger partial charge in [0, 0.05) is 23.4 Å². The lowest BCUT2D eigenvalue weighted by atomic mass is 10.1. The molecular weight excluding hydrogens is 318 g/mol. The molecule has 1 N–H and O–H groups in total. The van der Waals surface area contributed by atoms with E-state index < -0.39 is 0 Å². The Morgan fingerprint density at radius 1 is 1.04 bits per heavy atom. The first-order chi connectivity index (χ1) is 12.2. The average molecular weight is 343 g/mol. The van der Waals surface area contributed by atoms with Crippen LogP contribution in [0.5, 0.6) is 11.5 Å². The predicted molar refractivity (Wildman–Crippen MR) is 98.5 cm³/mol. The van der Waals surface area contributed by atoms with Gasteiger partial charge in [-0.15, -0.1) is 0 Å². The molecule has 0 heterocycles. The van der Waals surface area contributed by atoms with Gasteiger partial charge < -0.3 is 19.5 Å². The smallest absolute Gasteiger partial charge is 0.255 e. The fraction of sp³-hybridized carbons (Fsp3) is 0.350. The topological polar surface area (TPSA) is 56.8 Å². The summed E-state index contributed by atoms with van der Waals surface area (Å²) in [6, 6.07) is 12.6. The van der Waals surface area contributed by atoms with Gasteiger partial charge in [0.2, 0.25) is 0 Å². The maximum Gasteiger partial charge on any atom is 0.255 e. The molecule has 0 aliphatic rings. The van der Waals surface area contributed by atoms with Crippen LogP contribution in [0.3, 0.4) is 0 Å². The molecule has 0 aromatic heterocycles. The lowest BCUT2D eigenvalue weighted by Gasteiger charge is -2.12. The summed E-state index contributed by atoms with van der Waals surface area (Å²) in [5, 5.41) is 2.87. The first kappa shape index (κ1) is 18.8. The number of ether oxygens (including phenoxy) is 3. The van der Waals surface area contributed by atoms with Gasteiger partial charge in [-0.2, -0.15) is 0 Å². The van der Waals surface area contributed by atoms with Gasteiger partial charge in [-0.25, -0.2) is 0 Å². The third-order valence-electron chi connectivity index (χ3n) is 3.79. The zero-order chi connectivity index (χ0) is 18.1. The van der Waals surface area contributed by atoms with Gasteiger partial charge in [0.1, 0.15) is 11.5 Å². The molecule has 0 saturated heterocycles. The van der Waals surface area contributed by atoms with Crippen LogP contribution in [-0.2, 0) is 11.3 Å². The average Bonchev–Trinajstić information content (AvgIpc) is 2.65. The molecule has 25 heavy (non-hydrogen) atoms. The number of nitrogens with one attached hydrogen (secondary N) is 1. The van der Waals surface area contributed by atoms with E-state index in [1.807, 2.05) is 6.07 Å². The number of rotatable bonds is 9. The minimum atomic E-state index is -0.178. The van der Waals surface area contributed by atoms with Crippen molar-refractivity contribution in [2.45, 2.75) is 26.4 Å². The second-order valence-electron chi connectivity index (χ2n) is 5.62. The Balaban J connectivity index is 2.07. The van der Waals surface area contributed by atoms with Crippen LogP contribution in [0.15, 0.2) is 42.5 Å². The molecule has 2 rings (SSSR count). The Labute approximate surface area is 148 Å². The molecule has 0 fully saturated rings. The molecule has 134 valence electrons. The van der Waals surface area contributed by atoms with Crippen molar-refractivity contribution in [1.29, 1.82) is 0 Å². The van der Waals surface area contributed by atoms with Crippen molar-refractivity contribution < 1.29 is 19.0 Å². The molecule has 0 bridgehead atoms. The number of amides is 1. The van der Waals surface area contributed by atoms with Crippen LogP contribution < -0.4 is 14.8 Å². The monoisotopic (exact) mass is 343 g/mol. The second-order valence-corrected chi connectivity index (χ2v) is 5.62. The van der Waals surface area contributed by atoms with Gasteiger partial charge in [-0.1, -0.05) is 13.3 Å². The summed E-state index contributed by atoms with van der Waals surface area (Å²) in [7, 11) is 3.22. The zero-order valence-corrected chi connectivity index (χ0v) is 15.0. The van der Waals surface area contributed by atoms with Crippen molar-refractivity contribution in [3.8, 4) is 11.5 Å². The molecule has 0 spiro atoms. The third-order valence-corrected chi connectivity index (χ3v) is 3.79. The third kappa shape index (κ3) is 5.50. The summed E-state index contributed by atoms with van der Waals surface area (Å²) in [6.07, 6.45) is 2.10. The van der Waals surface area contributed by atoms with Gasteiger partial charge in [0.05, 0.1) is 20.8 Å². The van der Waals surface area contributed by atoms with Crippen LogP contribution in [0, 0.1) is 0 Å². The van der Waals surface area contributed by atoms with Crippen LogP contribution >= 0.6 is 0 Å². The molecule has 0 aliphatic heterocycles. The summed E-state index contributed by atoms with van der Waals surface area (Å²) >= 11 is 0. The second kappa shape index (κ2) is 9.69. The van der Waals surface area contributed by atoms with Crippen molar-refractivity contribution in [3.63, 3.8) is 0 Å². The minimum absolute atomic E-state index is 0.178. The maximum atomic E-state index is 12.5. The van der Waals surface area contributed by atoms with Crippen molar-refractivity contribution in [3.05, 3.63) is 53.6 Å². The summed E-state index contributed by atoms with van der Waals surface area (Å²) in [5.41, 5.74) is 2.13. The molecular formula is C20H25NO4. The zero-order valence-electron chi connectivity index (χ0n) is 15.0. The molecule has 0 unspecified atom stereocenters. The summed E-state index contributed by atoms with van der Waals surface area (Å²) in [6.45, 7) is 3.24. The molecule has 0 saturated carbocycles. The lowest BCUT2D eigenvalue weighted by molar-refractivity contribution is 0.102. The molecule has 0 atom stereocenters. The van der Waals surface area contributed by atoms with Crippen LogP contribution in [0.2, 0.25) is 0 Å². The molecule has 2 aromatic rings. The molecule has 1 amide bonds. The largest absolute Gasteiger partial charge is 0.497 e. The van der Waals surface area contributed by atoms with E-state index in [2.05, 4.69) is 12.2 Å². The van der Waals surface area contributed by atoms with Gasteiger partial charge in [0.15, 0.2) is 0 Å². The quantitative estimate of drug-likeness (QED) is 0.691. The molecule has 2 aromatic carbocycles. The van der Waals surface area contributed by atoms with Crippen LogP contribution in [0.1, 0.15) is 35.7 Å². The van der Waals surface area contributed by atoms with Gasteiger partial charge >= 0.3 is 0 Å². The number of hydrogen-bond donors (Lipinski definition) is 1. The number of methoxy groups -OCH3 is 2. The highest BCUT2D eigenvalue weighted by Crippen LogP contribution is 2.22. The Morgan fingerprint density at radius 2 is 1.80 bits per heavy atom. The van der Waals surface area contributed by atoms with E-state index in [9.17, 15) is 4.79 Å². The Kier molecular flexibility index (Phi) is 7.29. The van der Waals surface area contributed by atoms with Crippen molar-refractivity contribution in [2.24, 2.45) is 0 Å². The van der Waals surface area contributed by atoms with Gasteiger partial charge in [-0.05, 0) is 48.9 Å². The first-order valence-corrected chi connectivity index (χ1v) is 8.38. The van der Waals surface area contributed by atoms with Crippen molar-refractivity contribution in [1.82, 2.24) is 0 Å². The van der Waals surface area contributed by atoms with Gasteiger partial charge in [-0.3, -0.25) is 4.79 Å². The van der Waals surface area contributed by atoms with E-state index in [0.29, 0.717) is 24.5 Å². The van der Waals surface area contributed by atoms with E-state index in [4.69, 9.17) is 14.2 Å². The van der Waals surface area contributed by atoms with E-state index >= 15 is 0 Å². The first-order valence-electron chi connectivity index (χ1n) is 8.38. The highest BCUT2D eigenvalue weighted by Gasteiger charge is 2.11. The van der Waals surface area contributed by atoms with E-state index in [1.54, 1.807) is 50.6 Å². The molecule has 0 aliphatic carbocycles. The Morgan fingerprint density at radius 3 is 2.44 bits per heavy atom. The minimum Gasteiger partial charge on any atom is -0.497 e. The highest BCUT2D eigenvalue weighted by atomic mass is 16.5. The molecule has 0 radical (unpaired) electrons. The number of carbonyl (C=O) groups is 1. The maximum absolute atomic E-state index is 12.5. The van der Waals surface area contributed by atoms with Crippen molar-refractivity contribution >= 4 is 11.6 Å². The van der Waals surface area contributed by atoms with Gasteiger partial charge in [0.25, 0.3) is 5.91 Å². The van der Waals surface area contributed by atoms with E-state index in [1.165, 1.54) is 0 Å². The van der Waals surface area contributed by atoms with Crippen LogP contribution in [0.4, 0.5) is 5.69 Å². The summed E-state index contributed by atoms with van der Waals surface area (Å²) in [5.74, 6) is 1.29. The fourth-order valence-corrected chi connectivity index (χ4v) is 2.34. The number of unbranched alkanes of at least 4 members (excludes halogenated alkanes) is 1. The Bertz CT molecular complexity index is 683. The summed E-state index contributed by atoms with van der Waals surface area (Å²) < 4.78 is 16.1. The molecule has 5 nitrogen and oxygen atoms in total.